The molecule has 0 bridgehead atoms. The number of ketones is 1. The van der Waals surface area contributed by atoms with E-state index in [0.29, 0.717) is 17.2 Å². The lowest BCUT2D eigenvalue weighted by atomic mass is 9.98. The van der Waals surface area contributed by atoms with E-state index in [0.717, 1.165) is 29.0 Å². The quantitative estimate of drug-likeness (QED) is 0.238. The van der Waals surface area contributed by atoms with Gasteiger partial charge in [-0.05, 0) is 60.7 Å². The number of alkyl halides is 3. The molecule has 1 saturated heterocycles. The van der Waals surface area contributed by atoms with Gasteiger partial charge in [0.05, 0.1) is 17.7 Å². The summed E-state index contributed by atoms with van der Waals surface area (Å²) in [7, 11) is 0. The molecule has 1 aliphatic rings. The van der Waals surface area contributed by atoms with Crippen LogP contribution in [0.25, 0.3) is 5.76 Å². The minimum absolute atomic E-state index is 0.0844. The highest BCUT2D eigenvalue weighted by Gasteiger charge is 2.48. The van der Waals surface area contributed by atoms with E-state index >= 15 is 0 Å². The highest BCUT2D eigenvalue weighted by atomic mass is 32.1. The van der Waals surface area contributed by atoms with E-state index in [9.17, 15) is 27.9 Å². The zero-order valence-corrected chi connectivity index (χ0v) is 19.7. The van der Waals surface area contributed by atoms with Crippen molar-refractivity contribution in [3.05, 3.63) is 87.1 Å². The molecule has 5 nitrogen and oxygen atoms in total. The summed E-state index contributed by atoms with van der Waals surface area (Å²) in [6, 6.07) is 11.4. The molecule has 0 aliphatic carbocycles. The summed E-state index contributed by atoms with van der Waals surface area (Å²) in [5.74, 6) is -1.93. The van der Waals surface area contributed by atoms with Gasteiger partial charge in [-0.3, -0.25) is 14.5 Å². The Balaban J connectivity index is 1.89. The largest absolute Gasteiger partial charge is 0.507 e. The number of amides is 1. The number of carbonyl (C=O) groups is 2. The Bertz CT molecular complexity index is 1310. The second-order valence-corrected chi connectivity index (χ2v) is 9.01. The molecule has 1 amide bonds. The van der Waals surface area contributed by atoms with Gasteiger partial charge in [0.2, 0.25) is 0 Å². The first kappa shape index (κ1) is 24.5. The molecule has 3 aromatic rings. The fourth-order valence-corrected chi connectivity index (χ4v) is 4.98. The van der Waals surface area contributed by atoms with Crippen molar-refractivity contribution in [3.8, 4) is 5.75 Å². The number of ether oxygens (including phenoxy) is 1. The summed E-state index contributed by atoms with van der Waals surface area (Å²) in [6.45, 7) is 4.18. The number of thiophene rings is 1. The second kappa shape index (κ2) is 9.58. The number of hydrogen-bond acceptors (Lipinski definition) is 5. The van der Waals surface area contributed by atoms with Crippen LogP contribution in [0, 0.1) is 6.92 Å². The third-order valence-corrected chi connectivity index (χ3v) is 6.70. The molecule has 1 unspecified atom stereocenters. The maximum atomic E-state index is 13.4. The Kier molecular flexibility index (Phi) is 6.71. The molecular weight excluding hydrogens is 479 g/mol. The van der Waals surface area contributed by atoms with Gasteiger partial charge in [0.15, 0.2) is 0 Å². The van der Waals surface area contributed by atoms with Gasteiger partial charge in [-0.1, -0.05) is 25.1 Å². The number of aliphatic hydroxyl groups excluding tert-OH is 1. The molecule has 1 N–H and O–H groups in total. The standard InChI is InChI=1S/C26H22F3NO4S/c1-3-11-34-19-9-4-6-16(13-19)22(31)20-21(24-15(2)10-12-35-24)30(25(33)23(20)32)18-8-5-7-17(14-18)26(27,28)29/h4-10,12-14,21,31H,3,11H2,1-2H3/b22-20-. The van der Waals surface area contributed by atoms with Crippen molar-refractivity contribution >= 4 is 34.5 Å². The van der Waals surface area contributed by atoms with Crippen molar-refractivity contribution in [2.24, 2.45) is 0 Å². The number of halogens is 3. The number of hydrogen-bond donors (Lipinski definition) is 1. The molecule has 0 radical (unpaired) electrons. The molecular formula is C26H22F3NO4S. The third kappa shape index (κ3) is 4.68. The number of benzene rings is 2. The summed E-state index contributed by atoms with van der Waals surface area (Å²) >= 11 is 1.25. The lowest BCUT2D eigenvalue weighted by Crippen LogP contribution is -2.29. The number of rotatable bonds is 6. The van der Waals surface area contributed by atoms with Crippen molar-refractivity contribution in [1.29, 1.82) is 0 Å². The smallest absolute Gasteiger partial charge is 0.416 e. The maximum absolute atomic E-state index is 13.4. The minimum atomic E-state index is -4.63. The van der Waals surface area contributed by atoms with Crippen LogP contribution in [-0.2, 0) is 15.8 Å². The third-order valence-electron chi connectivity index (χ3n) is 5.63. The van der Waals surface area contributed by atoms with Gasteiger partial charge >= 0.3 is 6.18 Å². The molecule has 2 heterocycles. The number of Topliss-reactive ketones (excluding diaryl/α,β-unsaturated/α-hetero) is 1. The molecule has 9 heteroatoms. The molecule has 2 aromatic carbocycles. The van der Waals surface area contributed by atoms with Gasteiger partial charge in [-0.2, -0.15) is 13.2 Å². The second-order valence-electron chi connectivity index (χ2n) is 8.06. The Morgan fingerprint density at radius 3 is 2.51 bits per heavy atom. The van der Waals surface area contributed by atoms with Gasteiger partial charge in [0, 0.05) is 16.1 Å². The van der Waals surface area contributed by atoms with E-state index in [1.54, 1.807) is 42.6 Å². The molecule has 4 rings (SSSR count). The van der Waals surface area contributed by atoms with Crippen molar-refractivity contribution in [3.63, 3.8) is 0 Å². The van der Waals surface area contributed by atoms with E-state index in [1.807, 2.05) is 6.92 Å². The Morgan fingerprint density at radius 1 is 1.11 bits per heavy atom. The normalized spacial score (nSPS) is 17.7. The predicted molar refractivity (Wildman–Crippen MR) is 128 cm³/mol. The topological polar surface area (TPSA) is 66.8 Å². The van der Waals surface area contributed by atoms with Crippen LogP contribution in [-0.4, -0.2) is 23.4 Å². The van der Waals surface area contributed by atoms with Crippen LogP contribution < -0.4 is 9.64 Å². The lowest BCUT2D eigenvalue weighted by Gasteiger charge is -2.25. The lowest BCUT2D eigenvalue weighted by molar-refractivity contribution is -0.137. The molecule has 1 atom stereocenters. The molecule has 0 spiro atoms. The molecule has 1 aliphatic heterocycles. The van der Waals surface area contributed by atoms with Crippen LogP contribution in [0.4, 0.5) is 18.9 Å². The Labute approximate surface area is 204 Å². The summed E-state index contributed by atoms with van der Waals surface area (Å²) in [4.78, 5) is 28.0. The van der Waals surface area contributed by atoms with Crippen molar-refractivity contribution < 1.29 is 32.6 Å². The number of carbonyl (C=O) groups excluding carboxylic acids is 2. The van der Waals surface area contributed by atoms with Crippen molar-refractivity contribution in [2.45, 2.75) is 32.5 Å². The van der Waals surface area contributed by atoms with Crippen LogP contribution in [0.3, 0.4) is 0 Å². The maximum Gasteiger partial charge on any atom is 0.416 e. The SMILES string of the molecule is CCCOc1cccc(/C(O)=C2/C(=O)C(=O)N(c3cccc(C(F)(F)F)c3)C2c2sccc2C)c1. The fraction of sp³-hybridized carbons (Fsp3) is 0.231. The first-order chi connectivity index (χ1) is 16.6. The van der Waals surface area contributed by atoms with E-state index in [-0.39, 0.29) is 16.8 Å². The first-order valence-electron chi connectivity index (χ1n) is 10.9. The summed E-state index contributed by atoms with van der Waals surface area (Å²) in [5.41, 5.74) is -0.214. The van der Waals surface area contributed by atoms with Crippen LogP contribution >= 0.6 is 11.3 Å². The summed E-state index contributed by atoms with van der Waals surface area (Å²) < 4.78 is 45.8. The number of aliphatic hydroxyl groups is 1. The average molecular weight is 502 g/mol. The molecule has 1 aromatic heterocycles. The monoisotopic (exact) mass is 501 g/mol. The minimum Gasteiger partial charge on any atom is -0.507 e. The number of nitrogens with zero attached hydrogens (tertiary/aromatic N) is 1. The Morgan fingerprint density at radius 2 is 1.86 bits per heavy atom. The predicted octanol–water partition coefficient (Wildman–Crippen LogP) is 6.49. The van der Waals surface area contributed by atoms with E-state index in [2.05, 4.69) is 0 Å². The molecule has 35 heavy (non-hydrogen) atoms. The van der Waals surface area contributed by atoms with Gasteiger partial charge in [0.25, 0.3) is 11.7 Å². The zero-order chi connectivity index (χ0) is 25.3. The van der Waals surface area contributed by atoms with Crippen molar-refractivity contribution in [2.75, 3.05) is 11.5 Å². The van der Waals surface area contributed by atoms with E-state index in [4.69, 9.17) is 4.74 Å². The van der Waals surface area contributed by atoms with Crippen LogP contribution in [0.5, 0.6) is 5.75 Å². The van der Waals surface area contributed by atoms with Crippen molar-refractivity contribution in [1.82, 2.24) is 0 Å². The van der Waals surface area contributed by atoms with Crippen LogP contribution in [0.15, 0.2) is 65.6 Å². The van der Waals surface area contributed by atoms with Gasteiger partial charge in [-0.15, -0.1) is 11.3 Å². The highest BCUT2D eigenvalue weighted by molar-refractivity contribution is 7.10. The Hall–Kier alpha value is -3.59. The highest BCUT2D eigenvalue weighted by Crippen LogP contribution is 2.45. The van der Waals surface area contributed by atoms with E-state index in [1.165, 1.54) is 23.5 Å². The van der Waals surface area contributed by atoms with Crippen LogP contribution in [0.2, 0.25) is 0 Å². The zero-order valence-electron chi connectivity index (χ0n) is 18.9. The van der Waals surface area contributed by atoms with E-state index < -0.39 is 35.2 Å². The first-order valence-corrected chi connectivity index (χ1v) is 11.8. The molecule has 1 fully saturated rings. The summed E-state index contributed by atoms with van der Waals surface area (Å²) in [6.07, 6.45) is -3.85. The number of aryl methyl sites for hydroxylation is 1. The number of anilines is 1. The van der Waals surface area contributed by atoms with Gasteiger partial charge < -0.3 is 9.84 Å². The van der Waals surface area contributed by atoms with Gasteiger partial charge in [-0.25, -0.2) is 0 Å². The van der Waals surface area contributed by atoms with Crippen LogP contribution in [0.1, 0.15) is 41.0 Å². The average Bonchev–Trinajstić information content (AvgIpc) is 3.37. The fourth-order valence-electron chi connectivity index (χ4n) is 3.95. The summed E-state index contributed by atoms with van der Waals surface area (Å²) in [5, 5.41) is 13.0. The molecule has 0 saturated carbocycles. The molecule has 182 valence electrons. The van der Waals surface area contributed by atoms with Gasteiger partial charge in [0.1, 0.15) is 17.6 Å².